The van der Waals surface area contributed by atoms with Crippen molar-refractivity contribution in [3.05, 3.63) is 35.4 Å². The summed E-state index contributed by atoms with van der Waals surface area (Å²) in [6.07, 6.45) is 6.13. The van der Waals surface area contributed by atoms with Crippen molar-refractivity contribution in [3.8, 4) is 12.3 Å². The van der Waals surface area contributed by atoms with Crippen molar-refractivity contribution in [2.45, 2.75) is 19.9 Å². The third-order valence-corrected chi connectivity index (χ3v) is 2.68. The second kappa shape index (κ2) is 7.52. The molecule has 0 heterocycles. The van der Waals surface area contributed by atoms with Crippen molar-refractivity contribution >= 4 is 5.91 Å². The van der Waals surface area contributed by atoms with E-state index in [0.29, 0.717) is 6.54 Å². The number of carbonyl (C=O) groups excluding carboxylic acids is 1. The molecular formula is C15H20N2O. The zero-order valence-corrected chi connectivity index (χ0v) is 11.1. The average molecular weight is 244 g/mol. The van der Waals surface area contributed by atoms with Crippen LogP contribution in [0.25, 0.3) is 0 Å². The highest BCUT2D eigenvalue weighted by Crippen LogP contribution is 2.07. The van der Waals surface area contributed by atoms with Crippen molar-refractivity contribution in [1.82, 2.24) is 10.2 Å². The van der Waals surface area contributed by atoms with E-state index < -0.39 is 0 Å². The number of carbonyl (C=O) groups is 1. The van der Waals surface area contributed by atoms with Crippen LogP contribution < -0.4 is 5.32 Å². The molecule has 0 atom stereocenters. The Hall–Kier alpha value is -1.79. The summed E-state index contributed by atoms with van der Waals surface area (Å²) in [5.74, 6) is 2.34. The van der Waals surface area contributed by atoms with E-state index in [1.807, 2.05) is 11.9 Å². The summed E-state index contributed by atoms with van der Waals surface area (Å²) in [5.41, 5.74) is 2.53. The summed E-state index contributed by atoms with van der Waals surface area (Å²) in [5, 5.41) is 2.65. The fourth-order valence-corrected chi connectivity index (χ4v) is 1.70. The predicted molar refractivity (Wildman–Crippen MR) is 74.0 cm³/mol. The highest BCUT2D eigenvalue weighted by atomic mass is 16.1. The van der Waals surface area contributed by atoms with E-state index in [9.17, 15) is 4.79 Å². The van der Waals surface area contributed by atoms with Crippen LogP contribution in [0.4, 0.5) is 0 Å². The maximum absolute atomic E-state index is 11.5. The molecular weight excluding hydrogens is 224 g/mol. The zero-order valence-electron chi connectivity index (χ0n) is 11.1. The molecule has 0 saturated carbocycles. The van der Waals surface area contributed by atoms with Gasteiger partial charge in [0.25, 0.3) is 0 Å². The standard InChI is InChI=1S/C15H20N2O/c1-4-10-16-15(18)12-17(3)11-14-8-6-13(5-2)7-9-14/h1,6-9H,5,10-12H2,2-3H3,(H,16,18). The number of benzene rings is 1. The molecule has 18 heavy (non-hydrogen) atoms. The number of likely N-dealkylation sites (N-methyl/N-ethyl adjacent to an activating group) is 1. The molecule has 0 aliphatic carbocycles. The third-order valence-electron chi connectivity index (χ3n) is 2.68. The molecule has 0 bridgehead atoms. The van der Waals surface area contributed by atoms with Gasteiger partial charge in [-0.1, -0.05) is 37.1 Å². The zero-order chi connectivity index (χ0) is 13.4. The van der Waals surface area contributed by atoms with Crippen LogP contribution in [0.1, 0.15) is 18.1 Å². The van der Waals surface area contributed by atoms with Gasteiger partial charge in [0, 0.05) is 6.54 Å². The Labute approximate surface area is 109 Å². The Morgan fingerprint density at radius 1 is 1.33 bits per heavy atom. The summed E-state index contributed by atoms with van der Waals surface area (Å²) >= 11 is 0. The van der Waals surface area contributed by atoms with E-state index in [-0.39, 0.29) is 12.5 Å². The van der Waals surface area contributed by atoms with Gasteiger partial charge >= 0.3 is 0 Å². The Morgan fingerprint density at radius 3 is 2.50 bits per heavy atom. The van der Waals surface area contributed by atoms with Crippen molar-refractivity contribution in [2.75, 3.05) is 20.1 Å². The third kappa shape index (κ3) is 5.03. The number of hydrogen-bond donors (Lipinski definition) is 1. The van der Waals surface area contributed by atoms with E-state index in [1.165, 1.54) is 11.1 Å². The summed E-state index contributed by atoms with van der Waals surface area (Å²) in [6.45, 7) is 3.54. The molecule has 0 spiro atoms. The van der Waals surface area contributed by atoms with E-state index >= 15 is 0 Å². The van der Waals surface area contributed by atoms with Gasteiger partial charge in [0.2, 0.25) is 5.91 Å². The number of aryl methyl sites for hydroxylation is 1. The lowest BCUT2D eigenvalue weighted by Gasteiger charge is -2.16. The fourth-order valence-electron chi connectivity index (χ4n) is 1.70. The van der Waals surface area contributed by atoms with Crippen LogP contribution in [0, 0.1) is 12.3 Å². The minimum atomic E-state index is -0.0411. The molecule has 3 heteroatoms. The largest absolute Gasteiger partial charge is 0.344 e. The van der Waals surface area contributed by atoms with Crippen LogP contribution in [-0.2, 0) is 17.8 Å². The van der Waals surface area contributed by atoms with Crippen LogP contribution in [0.5, 0.6) is 0 Å². The molecule has 0 saturated heterocycles. The normalized spacial score (nSPS) is 10.1. The van der Waals surface area contributed by atoms with Gasteiger partial charge in [0.1, 0.15) is 0 Å². The molecule has 0 fully saturated rings. The van der Waals surface area contributed by atoms with E-state index in [4.69, 9.17) is 6.42 Å². The first-order valence-corrected chi connectivity index (χ1v) is 6.12. The van der Waals surface area contributed by atoms with Gasteiger partial charge in [0.05, 0.1) is 13.1 Å². The number of nitrogens with zero attached hydrogens (tertiary/aromatic N) is 1. The maximum Gasteiger partial charge on any atom is 0.234 e. The topological polar surface area (TPSA) is 32.3 Å². The Bertz CT molecular complexity index is 417. The van der Waals surface area contributed by atoms with Crippen LogP contribution in [0.15, 0.2) is 24.3 Å². The number of rotatable bonds is 6. The van der Waals surface area contributed by atoms with Crippen LogP contribution in [-0.4, -0.2) is 30.9 Å². The molecule has 1 amide bonds. The summed E-state index contributed by atoms with van der Waals surface area (Å²) in [6, 6.07) is 8.46. The van der Waals surface area contributed by atoms with E-state index in [2.05, 4.69) is 42.4 Å². The summed E-state index contributed by atoms with van der Waals surface area (Å²) in [7, 11) is 1.92. The first-order chi connectivity index (χ1) is 8.65. The molecule has 96 valence electrons. The number of terminal acetylenes is 1. The average Bonchev–Trinajstić information content (AvgIpc) is 2.37. The molecule has 0 aliphatic heterocycles. The highest BCUT2D eigenvalue weighted by molar-refractivity contribution is 5.78. The van der Waals surface area contributed by atoms with Gasteiger partial charge in [-0.3, -0.25) is 9.69 Å². The lowest BCUT2D eigenvalue weighted by atomic mass is 10.1. The Balaban J connectivity index is 2.41. The fraction of sp³-hybridized carbons (Fsp3) is 0.400. The first kappa shape index (κ1) is 14.3. The molecule has 1 rings (SSSR count). The molecule has 1 aromatic rings. The second-order valence-corrected chi connectivity index (χ2v) is 4.32. The molecule has 1 N–H and O–H groups in total. The Morgan fingerprint density at radius 2 is 1.94 bits per heavy atom. The summed E-state index contributed by atoms with van der Waals surface area (Å²) in [4.78, 5) is 13.4. The molecule has 0 aliphatic rings. The van der Waals surface area contributed by atoms with Crippen LogP contribution in [0.2, 0.25) is 0 Å². The molecule has 0 radical (unpaired) electrons. The molecule has 0 aromatic heterocycles. The smallest absolute Gasteiger partial charge is 0.234 e. The lowest BCUT2D eigenvalue weighted by molar-refractivity contribution is -0.121. The predicted octanol–water partition coefficient (Wildman–Crippen LogP) is 1.43. The minimum Gasteiger partial charge on any atom is -0.344 e. The Kier molecular flexibility index (Phi) is 5.96. The van der Waals surface area contributed by atoms with Crippen LogP contribution >= 0.6 is 0 Å². The van der Waals surface area contributed by atoms with E-state index in [1.54, 1.807) is 0 Å². The highest BCUT2D eigenvalue weighted by Gasteiger charge is 2.06. The quantitative estimate of drug-likeness (QED) is 0.768. The van der Waals surface area contributed by atoms with Gasteiger partial charge in [-0.15, -0.1) is 6.42 Å². The maximum atomic E-state index is 11.5. The number of nitrogens with one attached hydrogen (secondary N) is 1. The van der Waals surface area contributed by atoms with Gasteiger partial charge in [0.15, 0.2) is 0 Å². The van der Waals surface area contributed by atoms with Crippen molar-refractivity contribution in [3.63, 3.8) is 0 Å². The van der Waals surface area contributed by atoms with Crippen molar-refractivity contribution < 1.29 is 4.79 Å². The van der Waals surface area contributed by atoms with Crippen LogP contribution in [0.3, 0.4) is 0 Å². The number of hydrogen-bond acceptors (Lipinski definition) is 2. The number of amides is 1. The van der Waals surface area contributed by atoms with Gasteiger partial charge < -0.3 is 5.32 Å². The second-order valence-electron chi connectivity index (χ2n) is 4.32. The summed E-state index contributed by atoms with van der Waals surface area (Å²) < 4.78 is 0. The van der Waals surface area contributed by atoms with Gasteiger partial charge in [-0.25, -0.2) is 0 Å². The van der Waals surface area contributed by atoms with Crippen molar-refractivity contribution in [2.24, 2.45) is 0 Å². The van der Waals surface area contributed by atoms with Gasteiger partial charge in [-0.05, 0) is 24.6 Å². The minimum absolute atomic E-state index is 0.0411. The molecule has 3 nitrogen and oxygen atoms in total. The lowest BCUT2D eigenvalue weighted by Crippen LogP contribution is -2.34. The van der Waals surface area contributed by atoms with Gasteiger partial charge in [-0.2, -0.15) is 0 Å². The van der Waals surface area contributed by atoms with E-state index in [0.717, 1.165) is 13.0 Å². The first-order valence-electron chi connectivity index (χ1n) is 6.12. The molecule has 0 unspecified atom stereocenters. The van der Waals surface area contributed by atoms with Crippen molar-refractivity contribution in [1.29, 1.82) is 0 Å². The SMILES string of the molecule is C#CCNC(=O)CN(C)Cc1ccc(CC)cc1. The molecule has 1 aromatic carbocycles. The monoisotopic (exact) mass is 244 g/mol.